The Labute approximate surface area is 126 Å². The number of benzene rings is 1. The van der Waals surface area contributed by atoms with Crippen LogP contribution >= 0.6 is 0 Å². The minimum Gasteiger partial charge on any atom is -0.302 e. The summed E-state index contributed by atoms with van der Waals surface area (Å²) in [5.41, 5.74) is 0.296. The Morgan fingerprint density at radius 1 is 1.29 bits per heavy atom. The van der Waals surface area contributed by atoms with Crippen LogP contribution in [0.25, 0.3) is 0 Å². The fourth-order valence-electron chi connectivity index (χ4n) is 2.74. The van der Waals surface area contributed by atoms with Crippen molar-refractivity contribution >= 4 is 10.0 Å². The van der Waals surface area contributed by atoms with Crippen molar-refractivity contribution in [1.82, 2.24) is 9.21 Å². The Hall–Kier alpha value is -1.42. The van der Waals surface area contributed by atoms with Gasteiger partial charge in [0.2, 0.25) is 10.0 Å². The van der Waals surface area contributed by atoms with E-state index in [1.165, 1.54) is 16.4 Å². The van der Waals surface area contributed by atoms with E-state index >= 15 is 0 Å². The normalized spacial score (nSPS) is 17.5. The van der Waals surface area contributed by atoms with Crippen LogP contribution < -0.4 is 0 Å². The lowest BCUT2D eigenvalue weighted by atomic mass is 9.75. The summed E-state index contributed by atoms with van der Waals surface area (Å²) in [5.74, 6) is 0. The maximum absolute atomic E-state index is 12.6. The molecule has 0 radical (unpaired) electrons. The van der Waals surface area contributed by atoms with E-state index in [-0.39, 0.29) is 10.4 Å². The molecular weight excluding hydrogens is 286 g/mol. The summed E-state index contributed by atoms with van der Waals surface area (Å²) in [7, 11) is 2.04. The molecule has 114 valence electrons. The van der Waals surface area contributed by atoms with Gasteiger partial charge in [-0.2, -0.15) is 9.57 Å². The maximum atomic E-state index is 12.6. The third-order valence-electron chi connectivity index (χ3n) is 4.42. The zero-order chi connectivity index (χ0) is 15.7. The zero-order valence-corrected chi connectivity index (χ0v) is 13.5. The van der Waals surface area contributed by atoms with Crippen molar-refractivity contribution in [2.75, 3.05) is 27.7 Å². The number of nitriles is 1. The van der Waals surface area contributed by atoms with Crippen LogP contribution in [0.2, 0.25) is 0 Å². The molecule has 1 aliphatic carbocycles. The number of nitrogens with zero attached hydrogens (tertiary/aromatic N) is 3. The minimum atomic E-state index is -3.56. The Kier molecular flexibility index (Phi) is 4.38. The molecule has 0 bridgehead atoms. The molecule has 1 aliphatic rings. The van der Waals surface area contributed by atoms with Gasteiger partial charge in [-0.3, -0.25) is 0 Å². The molecule has 1 aromatic carbocycles. The molecule has 0 spiro atoms. The van der Waals surface area contributed by atoms with Crippen molar-refractivity contribution in [3.05, 3.63) is 29.8 Å². The van der Waals surface area contributed by atoms with Crippen LogP contribution in [-0.2, 0) is 10.0 Å². The van der Waals surface area contributed by atoms with Crippen LogP contribution in [0.15, 0.2) is 29.2 Å². The van der Waals surface area contributed by atoms with Gasteiger partial charge in [-0.05, 0) is 51.6 Å². The molecule has 0 saturated heterocycles. The number of hydrogen-bond acceptors (Lipinski definition) is 4. The SMILES string of the molecule is CN(C)C1(CN(C)S(=O)(=O)c2cccc(C#N)c2)CCC1. The van der Waals surface area contributed by atoms with Crippen molar-refractivity contribution < 1.29 is 8.42 Å². The van der Waals surface area contributed by atoms with E-state index in [0.29, 0.717) is 12.1 Å². The Bertz CT molecular complexity index is 658. The van der Waals surface area contributed by atoms with Gasteiger partial charge in [-0.1, -0.05) is 6.07 Å². The van der Waals surface area contributed by atoms with Gasteiger partial charge in [0, 0.05) is 19.1 Å². The molecule has 0 N–H and O–H groups in total. The highest BCUT2D eigenvalue weighted by molar-refractivity contribution is 7.89. The first kappa shape index (κ1) is 16.0. The molecule has 1 saturated carbocycles. The second-order valence-electron chi connectivity index (χ2n) is 5.87. The Balaban J connectivity index is 2.25. The second kappa shape index (κ2) is 5.76. The monoisotopic (exact) mass is 307 g/mol. The lowest BCUT2D eigenvalue weighted by molar-refractivity contribution is 0.0455. The van der Waals surface area contributed by atoms with E-state index < -0.39 is 10.0 Å². The number of likely N-dealkylation sites (N-methyl/N-ethyl adjacent to an activating group) is 2. The van der Waals surface area contributed by atoms with Gasteiger partial charge in [0.1, 0.15) is 0 Å². The van der Waals surface area contributed by atoms with Crippen molar-refractivity contribution in [3.8, 4) is 6.07 Å². The van der Waals surface area contributed by atoms with Gasteiger partial charge in [0.05, 0.1) is 16.5 Å². The average molecular weight is 307 g/mol. The molecule has 5 nitrogen and oxygen atoms in total. The molecule has 0 atom stereocenters. The first-order valence-corrected chi connectivity index (χ1v) is 8.40. The predicted octanol–water partition coefficient (Wildman–Crippen LogP) is 1.66. The molecule has 0 unspecified atom stereocenters. The van der Waals surface area contributed by atoms with E-state index in [1.54, 1.807) is 19.2 Å². The summed E-state index contributed by atoms with van der Waals surface area (Å²) in [6.45, 7) is 0.471. The van der Waals surface area contributed by atoms with Gasteiger partial charge in [-0.15, -0.1) is 0 Å². The van der Waals surface area contributed by atoms with E-state index in [0.717, 1.165) is 19.3 Å². The lowest BCUT2D eigenvalue weighted by Crippen LogP contribution is -2.57. The summed E-state index contributed by atoms with van der Waals surface area (Å²) >= 11 is 0. The molecule has 0 heterocycles. The smallest absolute Gasteiger partial charge is 0.242 e. The summed E-state index contributed by atoms with van der Waals surface area (Å²) in [6.07, 6.45) is 3.16. The average Bonchev–Trinajstić information content (AvgIpc) is 2.42. The fourth-order valence-corrected chi connectivity index (χ4v) is 4.03. The van der Waals surface area contributed by atoms with Gasteiger partial charge in [-0.25, -0.2) is 8.42 Å². The molecule has 2 rings (SSSR count). The standard InChI is InChI=1S/C15H21N3O2S/c1-17(2)15(8-5-9-15)12-18(3)21(19,20)14-7-4-6-13(10-14)11-16/h4,6-7,10H,5,8-9,12H2,1-3H3. The maximum Gasteiger partial charge on any atom is 0.242 e. The fraction of sp³-hybridized carbons (Fsp3) is 0.533. The molecule has 1 aromatic rings. The highest BCUT2D eigenvalue weighted by Gasteiger charge is 2.42. The summed E-state index contributed by atoms with van der Waals surface area (Å²) in [6, 6.07) is 8.14. The molecule has 0 aliphatic heterocycles. The van der Waals surface area contributed by atoms with Crippen LogP contribution in [0.5, 0.6) is 0 Å². The van der Waals surface area contributed by atoms with Crippen LogP contribution in [0.4, 0.5) is 0 Å². The number of sulfonamides is 1. The topological polar surface area (TPSA) is 64.4 Å². The highest BCUT2D eigenvalue weighted by Crippen LogP contribution is 2.37. The Morgan fingerprint density at radius 3 is 2.43 bits per heavy atom. The Morgan fingerprint density at radius 2 is 1.95 bits per heavy atom. The molecule has 0 amide bonds. The largest absolute Gasteiger partial charge is 0.302 e. The highest BCUT2D eigenvalue weighted by atomic mass is 32.2. The third kappa shape index (κ3) is 2.95. The van der Waals surface area contributed by atoms with Crippen molar-refractivity contribution in [2.45, 2.75) is 29.7 Å². The summed E-state index contributed by atoms with van der Waals surface area (Å²) < 4.78 is 26.7. The molecule has 6 heteroatoms. The summed E-state index contributed by atoms with van der Waals surface area (Å²) in [5, 5.41) is 8.91. The first-order valence-electron chi connectivity index (χ1n) is 6.96. The van der Waals surface area contributed by atoms with Crippen LogP contribution in [0.3, 0.4) is 0 Å². The molecule has 1 fully saturated rings. The van der Waals surface area contributed by atoms with Crippen LogP contribution in [0, 0.1) is 11.3 Å². The van der Waals surface area contributed by atoms with Crippen LogP contribution in [-0.4, -0.2) is 50.8 Å². The van der Waals surface area contributed by atoms with Crippen LogP contribution in [0.1, 0.15) is 24.8 Å². The van der Waals surface area contributed by atoms with E-state index in [1.807, 2.05) is 20.2 Å². The van der Waals surface area contributed by atoms with E-state index in [9.17, 15) is 8.42 Å². The number of hydrogen-bond donors (Lipinski definition) is 0. The molecular formula is C15H21N3O2S. The van der Waals surface area contributed by atoms with Crippen molar-refractivity contribution in [1.29, 1.82) is 5.26 Å². The quantitative estimate of drug-likeness (QED) is 0.830. The van der Waals surface area contributed by atoms with Gasteiger partial charge in [0.25, 0.3) is 0 Å². The van der Waals surface area contributed by atoms with Crippen molar-refractivity contribution in [2.24, 2.45) is 0 Å². The van der Waals surface area contributed by atoms with E-state index in [2.05, 4.69) is 4.90 Å². The molecule has 0 aromatic heterocycles. The summed E-state index contributed by atoms with van der Waals surface area (Å²) in [4.78, 5) is 2.30. The minimum absolute atomic E-state index is 0.0609. The first-order chi connectivity index (χ1) is 9.82. The third-order valence-corrected chi connectivity index (χ3v) is 6.22. The van der Waals surface area contributed by atoms with Crippen molar-refractivity contribution in [3.63, 3.8) is 0 Å². The zero-order valence-electron chi connectivity index (χ0n) is 12.7. The van der Waals surface area contributed by atoms with E-state index in [4.69, 9.17) is 5.26 Å². The van der Waals surface area contributed by atoms with Gasteiger partial charge in [0.15, 0.2) is 0 Å². The van der Waals surface area contributed by atoms with Gasteiger partial charge < -0.3 is 4.90 Å². The predicted molar refractivity (Wildman–Crippen MR) is 81.2 cm³/mol. The number of rotatable bonds is 5. The second-order valence-corrected chi connectivity index (χ2v) is 7.92. The van der Waals surface area contributed by atoms with Gasteiger partial charge >= 0.3 is 0 Å². The molecule has 21 heavy (non-hydrogen) atoms. The lowest BCUT2D eigenvalue weighted by Gasteiger charge is -2.48.